The van der Waals surface area contributed by atoms with Crippen molar-refractivity contribution in [1.29, 1.82) is 0 Å². The van der Waals surface area contributed by atoms with Gasteiger partial charge < -0.3 is 0 Å². The van der Waals surface area contributed by atoms with Gasteiger partial charge in [-0.1, -0.05) is 19.8 Å². The second-order valence-electron chi connectivity index (χ2n) is 3.14. The summed E-state index contributed by atoms with van der Waals surface area (Å²) in [6, 6.07) is 0.591. The van der Waals surface area contributed by atoms with Crippen LogP contribution in [0.2, 0.25) is 0 Å². The highest BCUT2D eigenvalue weighted by atomic mass is 35.5. The van der Waals surface area contributed by atoms with Gasteiger partial charge in [-0.3, -0.25) is 11.3 Å². The molecule has 0 aromatic rings. The zero-order chi connectivity index (χ0) is 6.69. The van der Waals surface area contributed by atoms with Crippen LogP contribution in [0.1, 0.15) is 32.6 Å². The molecule has 0 bridgehead atoms. The monoisotopic (exact) mass is 200 g/mol. The Bertz CT molecular complexity index is 90.5. The lowest BCUT2D eigenvalue weighted by Crippen LogP contribution is -2.38. The van der Waals surface area contributed by atoms with Crippen molar-refractivity contribution < 1.29 is 0 Å². The molecule has 0 aromatic heterocycles. The average Bonchev–Trinajstić information content (AvgIpc) is 1.88. The van der Waals surface area contributed by atoms with Gasteiger partial charge in [-0.2, -0.15) is 0 Å². The second-order valence-corrected chi connectivity index (χ2v) is 3.14. The zero-order valence-electron chi connectivity index (χ0n) is 6.88. The molecular formula is C7H18Cl2N2. The molecule has 1 aliphatic carbocycles. The van der Waals surface area contributed by atoms with E-state index >= 15 is 0 Å². The Hall–Kier alpha value is 0.500. The highest BCUT2D eigenvalue weighted by molar-refractivity contribution is 5.85. The fourth-order valence-corrected chi connectivity index (χ4v) is 1.59. The maximum absolute atomic E-state index is 5.32. The molecule has 0 radical (unpaired) electrons. The largest absolute Gasteiger partial charge is 0.271 e. The lowest BCUT2D eigenvalue weighted by Gasteiger charge is -2.25. The van der Waals surface area contributed by atoms with E-state index in [-0.39, 0.29) is 24.8 Å². The van der Waals surface area contributed by atoms with Crippen molar-refractivity contribution in [2.45, 2.75) is 38.6 Å². The van der Waals surface area contributed by atoms with Crippen molar-refractivity contribution in [3.05, 3.63) is 0 Å². The molecule has 4 heteroatoms. The maximum atomic E-state index is 5.32. The molecule has 0 heterocycles. The molecule has 0 saturated heterocycles. The van der Waals surface area contributed by atoms with Crippen LogP contribution >= 0.6 is 24.8 Å². The van der Waals surface area contributed by atoms with Crippen molar-refractivity contribution in [3.8, 4) is 0 Å². The maximum Gasteiger partial charge on any atom is 0.0213 e. The predicted octanol–water partition coefficient (Wildman–Crippen LogP) is 1.87. The van der Waals surface area contributed by atoms with E-state index in [1.165, 1.54) is 25.7 Å². The van der Waals surface area contributed by atoms with Gasteiger partial charge in [0.15, 0.2) is 0 Å². The first-order valence-corrected chi connectivity index (χ1v) is 3.79. The van der Waals surface area contributed by atoms with Crippen LogP contribution in [0.25, 0.3) is 0 Å². The van der Waals surface area contributed by atoms with Gasteiger partial charge in [-0.05, 0) is 18.8 Å². The summed E-state index contributed by atoms with van der Waals surface area (Å²) in [5, 5.41) is 0. The van der Waals surface area contributed by atoms with Crippen molar-refractivity contribution in [3.63, 3.8) is 0 Å². The van der Waals surface area contributed by atoms with Gasteiger partial charge in [0.2, 0.25) is 0 Å². The average molecular weight is 201 g/mol. The van der Waals surface area contributed by atoms with Gasteiger partial charge in [0, 0.05) is 6.04 Å². The smallest absolute Gasteiger partial charge is 0.0213 e. The number of nitrogens with one attached hydrogen (secondary N) is 1. The van der Waals surface area contributed by atoms with Gasteiger partial charge in [0.25, 0.3) is 0 Å². The standard InChI is InChI=1S/C7H16N2.2ClH/c1-6-3-2-4-7(5-6)9-8;;/h6-7,9H,2-5,8H2,1H3;2*1H. The Kier molecular flexibility index (Phi) is 9.15. The number of hydrogen-bond acceptors (Lipinski definition) is 2. The molecule has 1 fully saturated rings. The summed E-state index contributed by atoms with van der Waals surface area (Å²) in [6.07, 6.45) is 5.26. The molecule has 2 atom stereocenters. The van der Waals surface area contributed by atoms with E-state index in [4.69, 9.17) is 5.84 Å². The third kappa shape index (κ3) is 4.86. The first kappa shape index (κ1) is 14.0. The Morgan fingerprint density at radius 2 is 1.91 bits per heavy atom. The summed E-state index contributed by atoms with van der Waals surface area (Å²) in [7, 11) is 0. The number of nitrogens with two attached hydrogens (primary N) is 1. The molecular weight excluding hydrogens is 183 g/mol. The SMILES string of the molecule is CC1CCCC(NN)C1.Cl.Cl. The minimum atomic E-state index is 0. The third-order valence-corrected chi connectivity index (χ3v) is 2.17. The van der Waals surface area contributed by atoms with Crippen LogP contribution in [0.3, 0.4) is 0 Å². The van der Waals surface area contributed by atoms with E-state index in [2.05, 4.69) is 12.3 Å². The second kappa shape index (κ2) is 7.17. The van der Waals surface area contributed by atoms with E-state index in [0.717, 1.165) is 5.92 Å². The number of rotatable bonds is 1. The highest BCUT2D eigenvalue weighted by Crippen LogP contribution is 2.22. The van der Waals surface area contributed by atoms with Gasteiger partial charge in [0.1, 0.15) is 0 Å². The fourth-order valence-electron chi connectivity index (χ4n) is 1.59. The lowest BCUT2D eigenvalue weighted by atomic mass is 9.87. The summed E-state index contributed by atoms with van der Waals surface area (Å²) in [6.45, 7) is 2.30. The topological polar surface area (TPSA) is 38.0 Å². The lowest BCUT2D eigenvalue weighted by molar-refractivity contribution is 0.304. The molecule has 1 saturated carbocycles. The third-order valence-electron chi connectivity index (χ3n) is 2.17. The molecule has 0 aliphatic heterocycles. The molecule has 3 N–H and O–H groups in total. The molecule has 0 amide bonds. The molecule has 11 heavy (non-hydrogen) atoms. The Morgan fingerprint density at radius 3 is 2.27 bits per heavy atom. The van der Waals surface area contributed by atoms with Crippen LogP contribution in [0, 0.1) is 5.92 Å². The van der Waals surface area contributed by atoms with Crippen LogP contribution in [0.5, 0.6) is 0 Å². The first-order chi connectivity index (χ1) is 4.33. The fraction of sp³-hybridized carbons (Fsp3) is 1.00. The molecule has 70 valence electrons. The van der Waals surface area contributed by atoms with E-state index in [9.17, 15) is 0 Å². The summed E-state index contributed by atoms with van der Waals surface area (Å²) in [4.78, 5) is 0. The Balaban J connectivity index is 0. The zero-order valence-corrected chi connectivity index (χ0v) is 8.51. The minimum Gasteiger partial charge on any atom is -0.271 e. The summed E-state index contributed by atoms with van der Waals surface area (Å²) in [5.74, 6) is 6.19. The van der Waals surface area contributed by atoms with E-state index in [1.807, 2.05) is 0 Å². The number of halogens is 2. The van der Waals surface area contributed by atoms with Gasteiger partial charge in [-0.15, -0.1) is 24.8 Å². The number of hydrogen-bond donors (Lipinski definition) is 2. The molecule has 0 spiro atoms. The van der Waals surface area contributed by atoms with Crippen LogP contribution in [-0.2, 0) is 0 Å². The molecule has 1 aliphatic rings. The van der Waals surface area contributed by atoms with E-state index in [1.54, 1.807) is 0 Å². The predicted molar refractivity (Wildman–Crippen MR) is 53.2 cm³/mol. The Labute approximate surface area is 81.1 Å². The van der Waals surface area contributed by atoms with Crippen LogP contribution in [0.4, 0.5) is 0 Å². The van der Waals surface area contributed by atoms with Crippen molar-refractivity contribution in [1.82, 2.24) is 5.43 Å². The summed E-state index contributed by atoms with van der Waals surface area (Å²) < 4.78 is 0. The quantitative estimate of drug-likeness (QED) is 0.502. The summed E-state index contributed by atoms with van der Waals surface area (Å²) in [5.41, 5.74) is 2.83. The molecule has 1 rings (SSSR count). The summed E-state index contributed by atoms with van der Waals surface area (Å²) >= 11 is 0. The van der Waals surface area contributed by atoms with Gasteiger partial charge in [0.05, 0.1) is 0 Å². The van der Waals surface area contributed by atoms with Crippen molar-refractivity contribution in [2.75, 3.05) is 0 Å². The van der Waals surface area contributed by atoms with Crippen LogP contribution in [-0.4, -0.2) is 6.04 Å². The number of hydrazine groups is 1. The Morgan fingerprint density at radius 1 is 1.27 bits per heavy atom. The first-order valence-electron chi connectivity index (χ1n) is 3.79. The normalized spacial score (nSPS) is 30.0. The van der Waals surface area contributed by atoms with Crippen molar-refractivity contribution >= 4 is 24.8 Å². The highest BCUT2D eigenvalue weighted by Gasteiger charge is 2.16. The van der Waals surface area contributed by atoms with E-state index < -0.39 is 0 Å². The van der Waals surface area contributed by atoms with Crippen LogP contribution < -0.4 is 11.3 Å². The van der Waals surface area contributed by atoms with Gasteiger partial charge >= 0.3 is 0 Å². The van der Waals surface area contributed by atoms with Gasteiger partial charge in [-0.25, -0.2) is 0 Å². The van der Waals surface area contributed by atoms with Crippen molar-refractivity contribution in [2.24, 2.45) is 11.8 Å². The minimum absolute atomic E-state index is 0. The molecule has 0 aromatic carbocycles. The molecule has 2 nitrogen and oxygen atoms in total. The van der Waals surface area contributed by atoms with Crippen LogP contribution in [0.15, 0.2) is 0 Å². The molecule has 2 unspecified atom stereocenters. The van der Waals surface area contributed by atoms with E-state index in [0.29, 0.717) is 6.04 Å².